The number of anilines is 1. The lowest BCUT2D eigenvalue weighted by atomic mass is 9.89. The lowest BCUT2D eigenvalue weighted by molar-refractivity contribution is -0.274. The van der Waals surface area contributed by atoms with Crippen molar-refractivity contribution in [2.24, 2.45) is 0 Å². The number of nitrogens with zero attached hydrogens (tertiary/aromatic N) is 2. The van der Waals surface area contributed by atoms with Crippen molar-refractivity contribution in [3.8, 4) is 11.8 Å². The molecule has 2 aliphatic rings. The van der Waals surface area contributed by atoms with Crippen LogP contribution in [0.5, 0.6) is 5.75 Å². The van der Waals surface area contributed by atoms with Gasteiger partial charge in [0.2, 0.25) is 0 Å². The van der Waals surface area contributed by atoms with Gasteiger partial charge in [0.15, 0.2) is 0 Å². The van der Waals surface area contributed by atoms with E-state index in [4.69, 9.17) is 10.00 Å². The molecule has 2 fully saturated rings. The molecule has 0 spiro atoms. The Balaban J connectivity index is 1.26. The number of piperidine rings is 1. The van der Waals surface area contributed by atoms with Crippen molar-refractivity contribution in [3.63, 3.8) is 0 Å². The highest BCUT2D eigenvalue weighted by molar-refractivity contribution is 5.67. The van der Waals surface area contributed by atoms with Crippen LogP contribution >= 0.6 is 0 Å². The van der Waals surface area contributed by atoms with E-state index in [2.05, 4.69) is 26.3 Å². The number of alkyl halides is 3. The first kappa shape index (κ1) is 26.6. The van der Waals surface area contributed by atoms with Crippen molar-refractivity contribution in [2.75, 3.05) is 18.0 Å². The summed E-state index contributed by atoms with van der Waals surface area (Å²) in [5, 5.41) is 15.8. The van der Waals surface area contributed by atoms with E-state index < -0.39 is 12.5 Å². The van der Waals surface area contributed by atoms with Gasteiger partial charge in [0.1, 0.15) is 12.4 Å². The summed E-state index contributed by atoms with van der Waals surface area (Å²) in [5.41, 5.74) is 2.31. The van der Waals surface area contributed by atoms with Gasteiger partial charge >= 0.3 is 12.5 Å². The normalized spacial score (nSPS) is 22.1. The summed E-state index contributed by atoms with van der Waals surface area (Å²) in [6.45, 7) is 1.77. The molecular weight excluding hydrogens is 485 g/mol. The highest BCUT2D eigenvalue weighted by Crippen LogP contribution is 2.25. The molecule has 3 atom stereocenters. The molecule has 1 saturated heterocycles. The van der Waals surface area contributed by atoms with E-state index in [1.807, 2.05) is 24.3 Å². The van der Waals surface area contributed by atoms with Gasteiger partial charge in [0, 0.05) is 36.9 Å². The van der Waals surface area contributed by atoms with E-state index in [0.29, 0.717) is 11.1 Å². The first-order chi connectivity index (χ1) is 17.8. The topological polar surface area (TPSA) is 86.6 Å². The second-order valence-corrected chi connectivity index (χ2v) is 9.52. The second-order valence-electron chi connectivity index (χ2n) is 9.52. The highest BCUT2D eigenvalue weighted by Gasteiger charge is 2.32. The van der Waals surface area contributed by atoms with Crippen molar-refractivity contribution in [3.05, 3.63) is 59.7 Å². The third-order valence-electron chi connectivity index (χ3n) is 6.83. The van der Waals surface area contributed by atoms with Crippen molar-refractivity contribution in [2.45, 2.75) is 69.6 Å². The van der Waals surface area contributed by atoms with Gasteiger partial charge in [-0.2, -0.15) is 5.26 Å². The Morgan fingerprint density at radius 3 is 2.38 bits per heavy atom. The zero-order valence-corrected chi connectivity index (χ0v) is 20.5. The number of hydrogen-bond donors (Lipinski definition) is 2. The molecule has 0 bridgehead atoms. The van der Waals surface area contributed by atoms with Gasteiger partial charge in [-0.3, -0.25) is 0 Å². The summed E-state index contributed by atoms with van der Waals surface area (Å²) in [4.78, 5) is 14.8. The Labute approximate surface area is 214 Å². The zero-order chi connectivity index (χ0) is 26.3. The van der Waals surface area contributed by atoms with Crippen molar-refractivity contribution >= 4 is 11.8 Å². The van der Waals surface area contributed by atoms with Gasteiger partial charge in [0.25, 0.3) is 0 Å². The first-order valence-electron chi connectivity index (χ1n) is 12.6. The Morgan fingerprint density at radius 2 is 1.70 bits per heavy atom. The van der Waals surface area contributed by atoms with Crippen molar-refractivity contribution < 1.29 is 27.4 Å². The number of hydrogen-bond acceptors (Lipinski definition) is 6. The van der Waals surface area contributed by atoms with Gasteiger partial charge in [-0.05, 0) is 67.6 Å². The number of nitriles is 1. The number of amides is 1. The summed E-state index contributed by atoms with van der Waals surface area (Å²) in [7, 11) is 0. The number of halogens is 3. The van der Waals surface area contributed by atoms with Crippen LogP contribution in [0.3, 0.4) is 0 Å². The molecule has 1 heterocycles. The molecule has 1 aliphatic carbocycles. The number of nitrogens with one attached hydrogen (secondary N) is 2. The van der Waals surface area contributed by atoms with Gasteiger partial charge in [-0.15, -0.1) is 13.2 Å². The molecule has 2 aromatic rings. The Hall–Kier alpha value is -3.45. The number of rotatable bonds is 7. The Bertz CT molecular complexity index is 1070. The van der Waals surface area contributed by atoms with E-state index in [1.165, 1.54) is 24.3 Å². The smallest absolute Gasteiger partial charge is 0.445 e. The maximum absolute atomic E-state index is 12.5. The molecule has 0 radical (unpaired) electrons. The number of carbonyl (C=O) groups is 1. The quantitative estimate of drug-likeness (QED) is 0.523. The summed E-state index contributed by atoms with van der Waals surface area (Å²) in [6, 6.07) is 15.4. The highest BCUT2D eigenvalue weighted by atomic mass is 19.4. The third-order valence-corrected chi connectivity index (χ3v) is 6.83. The Morgan fingerprint density at radius 1 is 1.00 bits per heavy atom. The monoisotopic (exact) mass is 516 g/mol. The molecule has 198 valence electrons. The van der Waals surface area contributed by atoms with E-state index in [9.17, 15) is 18.0 Å². The van der Waals surface area contributed by atoms with Crippen molar-refractivity contribution in [1.82, 2.24) is 10.6 Å². The fourth-order valence-electron chi connectivity index (χ4n) is 5.03. The van der Waals surface area contributed by atoms with Gasteiger partial charge in [-0.1, -0.05) is 25.0 Å². The Kier molecular flexibility index (Phi) is 8.77. The maximum Gasteiger partial charge on any atom is 0.573 e. The molecule has 0 unspecified atom stereocenters. The molecule has 2 N–H and O–H groups in total. The van der Waals surface area contributed by atoms with Crippen LogP contribution in [-0.4, -0.2) is 43.7 Å². The minimum Gasteiger partial charge on any atom is -0.445 e. The first-order valence-corrected chi connectivity index (χ1v) is 12.6. The van der Waals surface area contributed by atoms with E-state index in [1.54, 1.807) is 0 Å². The molecule has 2 aromatic carbocycles. The van der Waals surface area contributed by atoms with Crippen LogP contribution in [0.25, 0.3) is 0 Å². The minimum absolute atomic E-state index is 0.0505. The fraction of sp³-hybridized carbons (Fsp3) is 0.481. The SMILES string of the molecule is N#Cc1ccc(N2CCC[C@H](N[C@@H]3CCCC[C@H]3NC(=O)OCc3ccc(OC(F)(F)F)cc3)C2)cc1. The number of carbonyl (C=O) groups excluding carboxylic acids is 1. The standard InChI is InChI=1S/C27H31F3N4O3/c28-27(29,30)37-23-13-9-20(10-14-23)18-36-26(35)33-25-6-2-1-5-24(25)32-21-4-3-15-34(17-21)22-11-7-19(16-31)8-12-22/h7-14,21,24-25,32H,1-6,15,17-18H2,(H,33,35)/t21-,24+,25+/m0/s1. The van der Waals surface area contributed by atoms with Crippen LogP contribution in [0.1, 0.15) is 49.7 Å². The molecule has 0 aromatic heterocycles. The van der Waals surface area contributed by atoms with Gasteiger partial charge < -0.3 is 25.0 Å². The van der Waals surface area contributed by atoms with Crippen LogP contribution in [0.15, 0.2) is 48.5 Å². The maximum atomic E-state index is 12.5. The molecule has 1 aliphatic heterocycles. The number of alkyl carbamates (subject to hydrolysis) is 1. The van der Waals surface area contributed by atoms with Crippen LogP contribution in [0, 0.1) is 11.3 Å². The lowest BCUT2D eigenvalue weighted by Gasteiger charge is -2.40. The molecule has 4 rings (SSSR count). The number of ether oxygens (including phenoxy) is 2. The molecule has 1 amide bonds. The van der Waals surface area contributed by atoms with E-state index in [-0.39, 0.29) is 30.5 Å². The summed E-state index contributed by atoms with van der Waals surface area (Å²) < 4.78 is 46.1. The average Bonchev–Trinajstić information content (AvgIpc) is 2.89. The van der Waals surface area contributed by atoms with Gasteiger partial charge in [0.05, 0.1) is 11.6 Å². The van der Waals surface area contributed by atoms with Crippen LogP contribution < -0.4 is 20.3 Å². The molecule has 37 heavy (non-hydrogen) atoms. The fourth-order valence-corrected chi connectivity index (χ4v) is 5.03. The second kappa shape index (κ2) is 12.2. The molecule has 1 saturated carbocycles. The predicted molar refractivity (Wildman–Crippen MR) is 132 cm³/mol. The van der Waals surface area contributed by atoms with Crippen LogP contribution in [0.2, 0.25) is 0 Å². The predicted octanol–water partition coefficient (Wildman–Crippen LogP) is 5.25. The van der Waals surface area contributed by atoms with E-state index in [0.717, 1.165) is 57.3 Å². The summed E-state index contributed by atoms with van der Waals surface area (Å²) in [6.07, 6.45) is 0.724. The lowest BCUT2D eigenvalue weighted by Crippen LogP contribution is -2.57. The number of benzene rings is 2. The summed E-state index contributed by atoms with van der Waals surface area (Å²) >= 11 is 0. The molecular formula is C27H31F3N4O3. The average molecular weight is 517 g/mol. The summed E-state index contributed by atoms with van der Waals surface area (Å²) in [5.74, 6) is -0.322. The van der Waals surface area contributed by atoms with E-state index >= 15 is 0 Å². The molecule has 10 heteroatoms. The zero-order valence-electron chi connectivity index (χ0n) is 20.5. The van der Waals surface area contributed by atoms with Crippen molar-refractivity contribution in [1.29, 1.82) is 5.26 Å². The molecule has 7 nitrogen and oxygen atoms in total. The third kappa shape index (κ3) is 8.02. The minimum atomic E-state index is -4.75. The van der Waals surface area contributed by atoms with Gasteiger partial charge in [-0.25, -0.2) is 4.79 Å². The van der Waals surface area contributed by atoms with Crippen LogP contribution in [-0.2, 0) is 11.3 Å². The largest absolute Gasteiger partial charge is 0.573 e. The van der Waals surface area contributed by atoms with Crippen LogP contribution in [0.4, 0.5) is 23.7 Å².